The predicted octanol–water partition coefficient (Wildman–Crippen LogP) is 2.79. The van der Waals surface area contributed by atoms with E-state index in [4.69, 9.17) is 16.3 Å². The molecule has 2 amide bonds. The summed E-state index contributed by atoms with van der Waals surface area (Å²) in [5.41, 5.74) is -0.109. The summed E-state index contributed by atoms with van der Waals surface area (Å²) in [4.78, 5) is 24.8. The number of carbonyl (C=O) groups is 2. The smallest absolute Gasteiger partial charge is 0.278 e. The van der Waals surface area contributed by atoms with Crippen molar-refractivity contribution >= 4 is 29.1 Å². The average Bonchev–Trinajstić information content (AvgIpc) is 2.57. The molecule has 0 fully saturated rings. The van der Waals surface area contributed by atoms with E-state index in [0.717, 1.165) is 5.56 Å². The van der Waals surface area contributed by atoms with Crippen LogP contribution in [0.4, 0.5) is 5.69 Å². The van der Waals surface area contributed by atoms with E-state index < -0.39 is 17.4 Å². The van der Waals surface area contributed by atoms with E-state index in [1.807, 2.05) is 18.2 Å². The molecule has 0 saturated heterocycles. The number of para-hydroxylation sites is 2. The highest BCUT2D eigenvalue weighted by atomic mass is 35.5. The summed E-state index contributed by atoms with van der Waals surface area (Å²) in [6, 6.07) is 14.4. The third kappa shape index (κ3) is 3.08. The second-order valence-electron chi connectivity index (χ2n) is 5.68. The monoisotopic (exact) mass is 344 g/mol. The molecule has 5 nitrogen and oxygen atoms in total. The molecule has 0 spiro atoms. The first kappa shape index (κ1) is 16.3. The number of fused-ring (bicyclic) bond motifs is 1. The van der Waals surface area contributed by atoms with E-state index in [9.17, 15) is 9.59 Å². The van der Waals surface area contributed by atoms with Crippen molar-refractivity contribution in [3.05, 3.63) is 59.1 Å². The minimum Gasteiger partial charge on any atom is -0.466 e. The Hall–Kier alpha value is -2.53. The van der Waals surface area contributed by atoms with E-state index in [-0.39, 0.29) is 0 Å². The molecule has 124 valence electrons. The predicted molar refractivity (Wildman–Crippen MR) is 92.3 cm³/mol. The summed E-state index contributed by atoms with van der Waals surface area (Å²) in [6.45, 7) is 1.82. The molecule has 0 aliphatic carbocycles. The topological polar surface area (TPSA) is 67.4 Å². The molecule has 6 heteroatoms. The van der Waals surface area contributed by atoms with Gasteiger partial charge in [0.25, 0.3) is 17.4 Å². The summed E-state index contributed by atoms with van der Waals surface area (Å²) in [5, 5.41) is 6.10. The van der Waals surface area contributed by atoms with E-state index in [2.05, 4.69) is 10.6 Å². The first-order valence-corrected chi connectivity index (χ1v) is 8.00. The Balaban J connectivity index is 1.66. The molecule has 2 aromatic carbocycles. The second kappa shape index (κ2) is 6.53. The Morgan fingerprint density at radius 2 is 1.92 bits per heavy atom. The molecular formula is C18H17ClN2O3. The van der Waals surface area contributed by atoms with E-state index in [0.29, 0.717) is 29.4 Å². The average molecular weight is 345 g/mol. The van der Waals surface area contributed by atoms with Crippen LogP contribution in [0.15, 0.2) is 48.5 Å². The van der Waals surface area contributed by atoms with Gasteiger partial charge in [-0.15, -0.1) is 0 Å². The van der Waals surface area contributed by atoms with Gasteiger partial charge in [-0.05, 0) is 37.1 Å². The van der Waals surface area contributed by atoms with E-state index >= 15 is 0 Å². The van der Waals surface area contributed by atoms with Gasteiger partial charge in [0.05, 0.1) is 5.69 Å². The van der Waals surface area contributed by atoms with Crippen molar-refractivity contribution in [2.75, 3.05) is 11.9 Å². The Bertz CT molecular complexity index is 793. The Kier molecular flexibility index (Phi) is 4.44. The number of hydrogen-bond acceptors (Lipinski definition) is 3. The number of amides is 2. The van der Waals surface area contributed by atoms with Crippen LogP contribution in [0, 0.1) is 0 Å². The van der Waals surface area contributed by atoms with Crippen LogP contribution in [-0.2, 0) is 16.0 Å². The fraction of sp³-hybridized carbons (Fsp3) is 0.222. The third-order valence-corrected chi connectivity index (χ3v) is 4.32. The highest BCUT2D eigenvalue weighted by Crippen LogP contribution is 2.33. The lowest BCUT2D eigenvalue weighted by atomic mass is 10.0. The maximum Gasteiger partial charge on any atom is 0.278 e. The van der Waals surface area contributed by atoms with Crippen LogP contribution >= 0.6 is 11.6 Å². The highest BCUT2D eigenvalue weighted by molar-refractivity contribution is 6.31. The van der Waals surface area contributed by atoms with Crippen molar-refractivity contribution in [1.82, 2.24) is 5.32 Å². The number of nitrogens with one attached hydrogen (secondary N) is 2. The van der Waals surface area contributed by atoms with Gasteiger partial charge in [0, 0.05) is 11.6 Å². The van der Waals surface area contributed by atoms with Crippen LogP contribution in [0.2, 0.25) is 5.02 Å². The minimum absolute atomic E-state index is 0.358. The zero-order chi connectivity index (χ0) is 17.2. The Morgan fingerprint density at radius 3 is 2.71 bits per heavy atom. The maximum absolute atomic E-state index is 12.5. The highest BCUT2D eigenvalue weighted by Gasteiger charge is 2.46. The summed E-state index contributed by atoms with van der Waals surface area (Å²) in [6.07, 6.45) is 0.569. The largest absolute Gasteiger partial charge is 0.466 e. The summed E-state index contributed by atoms with van der Waals surface area (Å²) >= 11 is 6.09. The van der Waals surface area contributed by atoms with Crippen LogP contribution in [0.3, 0.4) is 0 Å². The summed E-state index contributed by atoms with van der Waals surface area (Å²) in [5.74, 6) is -0.501. The Morgan fingerprint density at radius 1 is 1.21 bits per heavy atom. The van der Waals surface area contributed by atoms with Gasteiger partial charge in [-0.3, -0.25) is 9.59 Å². The molecule has 24 heavy (non-hydrogen) atoms. The van der Waals surface area contributed by atoms with Crippen LogP contribution < -0.4 is 15.4 Å². The van der Waals surface area contributed by atoms with Crippen LogP contribution in [0.5, 0.6) is 5.75 Å². The number of ether oxygens (including phenoxy) is 1. The molecule has 0 aromatic heterocycles. The molecule has 0 radical (unpaired) electrons. The zero-order valence-electron chi connectivity index (χ0n) is 13.1. The molecule has 1 heterocycles. The molecule has 2 N–H and O–H groups in total. The number of anilines is 1. The summed E-state index contributed by atoms with van der Waals surface area (Å²) < 4.78 is 5.67. The lowest BCUT2D eigenvalue weighted by Gasteiger charge is -2.33. The third-order valence-electron chi connectivity index (χ3n) is 3.95. The number of carbonyl (C=O) groups excluding carboxylic acids is 2. The van der Waals surface area contributed by atoms with Crippen LogP contribution in [0.1, 0.15) is 12.5 Å². The molecule has 1 aliphatic heterocycles. The second-order valence-corrected chi connectivity index (χ2v) is 6.09. The molecule has 3 rings (SSSR count). The van der Waals surface area contributed by atoms with Gasteiger partial charge in [0.15, 0.2) is 0 Å². The standard InChI is InChI=1S/C18H17ClN2O3/c1-18(17(23)21-14-8-4-5-9-15(14)24-18)16(22)20-11-10-12-6-2-3-7-13(12)19/h2-9H,10-11H2,1H3,(H,20,22)(H,21,23). The van der Waals surface area contributed by atoms with Crippen molar-refractivity contribution in [3.8, 4) is 5.75 Å². The number of rotatable bonds is 4. The zero-order valence-corrected chi connectivity index (χ0v) is 13.9. The van der Waals surface area contributed by atoms with E-state index in [1.54, 1.807) is 30.3 Å². The minimum atomic E-state index is -1.60. The van der Waals surface area contributed by atoms with Gasteiger partial charge in [0.2, 0.25) is 0 Å². The van der Waals surface area contributed by atoms with Gasteiger partial charge < -0.3 is 15.4 Å². The molecule has 1 aliphatic rings. The molecule has 2 aromatic rings. The lowest BCUT2D eigenvalue weighted by molar-refractivity contribution is -0.146. The number of benzene rings is 2. The van der Waals surface area contributed by atoms with Crippen molar-refractivity contribution in [3.63, 3.8) is 0 Å². The first-order valence-electron chi connectivity index (χ1n) is 7.62. The maximum atomic E-state index is 12.5. The molecular weight excluding hydrogens is 328 g/mol. The van der Waals surface area contributed by atoms with Gasteiger partial charge in [-0.25, -0.2) is 0 Å². The van der Waals surface area contributed by atoms with Crippen molar-refractivity contribution in [2.24, 2.45) is 0 Å². The lowest BCUT2D eigenvalue weighted by Crippen LogP contribution is -2.58. The van der Waals surface area contributed by atoms with Crippen LogP contribution in [-0.4, -0.2) is 24.0 Å². The van der Waals surface area contributed by atoms with Gasteiger partial charge >= 0.3 is 0 Å². The number of hydrogen-bond donors (Lipinski definition) is 2. The van der Waals surface area contributed by atoms with Gasteiger partial charge in [-0.2, -0.15) is 0 Å². The SMILES string of the molecule is CC1(C(=O)NCCc2ccccc2Cl)Oc2ccccc2NC1=O. The molecule has 0 bridgehead atoms. The molecule has 1 unspecified atom stereocenters. The number of halogens is 1. The molecule has 1 atom stereocenters. The van der Waals surface area contributed by atoms with Crippen LogP contribution in [0.25, 0.3) is 0 Å². The van der Waals surface area contributed by atoms with Crippen molar-refractivity contribution in [1.29, 1.82) is 0 Å². The first-order chi connectivity index (χ1) is 11.5. The fourth-order valence-electron chi connectivity index (χ4n) is 2.50. The van der Waals surface area contributed by atoms with Crippen molar-refractivity contribution < 1.29 is 14.3 Å². The Labute approximate surface area is 145 Å². The fourth-order valence-corrected chi connectivity index (χ4v) is 2.73. The molecule has 0 saturated carbocycles. The normalized spacial score (nSPS) is 19.0. The van der Waals surface area contributed by atoms with Gasteiger partial charge in [0.1, 0.15) is 5.75 Å². The van der Waals surface area contributed by atoms with E-state index in [1.165, 1.54) is 6.92 Å². The van der Waals surface area contributed by atoms with Crippen molar-refractivity contribution in [2.45, 2.75) is 18.9 Å². The van der Waals surface area contributed by atoms with Gasteiger partial charge in [-0.1, -0.05) is 41.9 Å². The summed E-state index contributed by atoms with van der Waals surface area (Å²) in [7, 11) is 0. The quantitative estimate of drug-likeness (QED) is 0.838.